The third kappa shape index (κ3) is 8.60. The molecule has 1 aromatic rings. The number of rotatable bonds is 11. The molecule has 32 heavy (non-hydrogen) atoms. The Morgan fingerprint density at radius 2 is 1.72 bits per heavy atom. The summed E-state index contributed by atoms with van der Waals surface area (Å²) in [7, 11) is 0. The summed E-state index contributed by atoms with van der Waals surface area (Å²) in [5.41, 5.74) is 4.84. The molecule has 0 aromatic heterocycles. The smallest absolute Gasteiger partial charge is 0.243 e. The number of nitro groups is 1. The highest BCUT2D eigenvalue weighted by Crippen LogP contribution is 2.22. The Bertz CT molecular complexity index is 838. The van der Waals surface area contributed by atoms with E-state index in [1.807, 2.05) is 13.8 Å². The lowest BCUT2D eigenvalue weighted by Crippen LogP contribution is -2.58. The zero-order valence-corrected chi connectivity index (χ0v) is 19.2. The van der Waals surface area contributed by atoms with Gasteiger partial charge in [-0.1, -0.05) is 52.8 Å². The van der Waals surface area contributed by atoms with Gasteiger partial charge < -0.3 is 16.4 Å². The normalized spacial score (nSPS) is 14.3. The Hall–Kier alpha value is -3.04. The van der Waals surface area contributed by atoms with E-state index in [0.717, 1.165) is 0 Å². The third-order valence-electron chi connectivity index (χ3n) is 4.95. The lowest BCUT2D eigenvalue weighted by molar-refractivity contribution is -0.486. The predicted molar refractivity (Wildman–Crippen MR) is 117 cm³/mol. The Morgan fingerprint density at radius 3 is 2.19 bits per heavy atom. The standard InChI is InChI=1S/C22H33FN4O5/c1-13(2)10-15(12-27(31)32)20(29)26-18(22(3,4)5)21(30)25-17(19(24)28)11-14-8-6-7-9-16(14)23/h6-9,13,15,17-18H,10-12H2,1-5H3,(H2,24,28)(H,25,30)(H,26,29)/t15-,17+,18-/m1/s1. The number of carbonyl (C=O) groups excluding carboxylic acids is 3. The van der Waals surface area contributed by atoms with Crippen LogP contribution in [-0.4, -0.2) is 41.3 Å². The van der Waals surface area contributed by atoms with E-state index < -0.39 is 58.4 Å². The summed E-state index contributed by atoms with van der Waals surface area (Å²) in [6.07, 6.45) is 0.123. The largest absolute Gasteiger partial charge is 0.368 e. The zero-order chi connectivity index (χ0) is 24.6. The van der Waals surface area contributed by atoms with Crippen molar-refractivity contribution >= 4 is 17.7 Å². The van der Waals surface area contributed by atoms with Gasteiger partial charge in [0, 0.05) is 11.3 Å². The zero-order valence-electron chi connectivity index (χ0n) is 19.2. The monoisotopic (exact) mass is 452 g/mol. The molecular weight excluding hydrogens is 419 g/mol. The number of nitrogens with one attached hydrogen (secondary N) is 2. The Morgan fingerprint density at radius 1 is 1.12 bits per heavy atom. The van der Waals surface area contributed by atoms with Gasteiger partial charge in [-0.15, -0.1) is 0 Å². The van der Waals surface area contributed by atoms with Crippen molar-refractivity contribution in [1.29, 1.82) is 0 Å². The topological polar surface area (TPSA) is 144 Å². The van der Waals surface area contributed by atoms with Crippen molar-refractivity contribution in [3.05, 3.63) is 45.8 Å². The number of hydrogen-bond acceptors (Lipinski definition) is 5. The summed E-state index contributed by atoms with van der Waals surface area (Å²) >= 11 is 0. The van der Waals surface area contributed by atoms with E-state index in [9.17, 15) is 28.9 Å². The van der Waals surface area contributed by atoms with Crippen LogP contribution in [0.15, 0.2) is 24.3 Å². The summed E-state index contributed by atoms with van der Waals surface area (Å²) in [5, 5.41) is 16.1. The molecule has 178 valence electrons. The fourth-order valence-corrected chi connectivity index (χ4v) is 3.31. The Balaban J connectivity index is 3.05. The second kappa shape index (κ2) is 11.5. The van der Waals surface area contributed by atoms with Gasteiger partial charge in [-0.3, -0.25) is 24.5 Å². The average molecular weight is 453 g/mol. The highest BCUT2D eigenvalue weighted by molar-refractivity contribution is 5.92. The van der Waals surface area contributed by atoms with E-state index in [2.05, 4.69) is 10.6 Å². The number of hydrogen-bond donors (Lipinski definition) is 3. The molecule has 3 atom stereocenters. The maximum atomic E-state index is 14.0. The van der Waals surface area contributed by atoms with Crippen molar-refractivity contribution in [2.75, 3.05) is 6.54 Å². The van der Waals surface area contributed by atoms with E-state index in [1.165, 1.54) is 18.2 Å². The second-order valence-corrected chi connectivity index (χ2v) is 9.41. The van der Waals surface area contributed by atoms with Gasteiger partial charge in [0.25, 0.3) is 0 Å². The van der Waals surface area contributed by atoms with Gasteiger partial charge in [-0.05, 0) is 29.4 Å². The van der Waals surface area contributed by atoms with E-state index >= 15 is 0 Å². The van der Waals surface area contributed by atoms with Gasteiger partial charge in [-0.2, -0.15) is 0 Å². The molecule has 3 amide bonds. The van der Waals surface area contributed by atoms with Gasteiger partial charge >= 0.3 is 0 Å². The molecule has 0 bridgehead atoms. The quantitative estimate of drug-likeness (QED) is 0.346. The molecular formula is C22H33FN4O5. The number of carbonyl (C=O) groups is 3. The van der Waals surface area contributed by atoms with Crippen molar-refractivity contribution in [3.63, 3.8) is 0 Å². The number of amides is 3. The van der Waals surface area contributed by atoms with Gasteiger partial charge in [0.15, 0.2) is 0 Å². The molecule has 4 N–H and O–H groups in total. The number of benzene rings is 1. The summed E-state index contributed by atoms with van der Waals surface area (Å²) in [4.78, 5) is 48.2. The van der Waals surface area contributed by atoms with Crippen LogP contribution in [0.4, 0.5) is 4.39 Å². The minimum Gasteiger partial charge on any atom is -0.368 e. The molecule has 0 radical (unpaired) electrons. The first-order valence-corrected chi connectivity index (χ1v) is 10.5. The molecule has 9 nitrogen and oxygen atoms in total. The maximum Gasteiger partial charge on any atom is 0.243 e. The summed E-state index contributed by atoms with van der Waals surface area (Å²) in [6, 6.07) is 3.51. The number of nitrogens with two attached hydrogens (primary N) is 1. The van der Waals surface area contributed by atoms with Crippen LogP contribution in [0.5, 0.6) is 0 Å². The van der Waals surface area contributed by atoms with Crippen LogP contribution < -0.4 is 16.4 Å². The van der Waals surface area contributed by atoms with Crippen molar-refractivity contribution in [2.24, 2.45) is 23.0 Å². The molecule has 0 unspecified atom stereocenters. The molecule has 0 aliphatic heterocycles. The third-order valence-corrected chi connectivity index (χ3v) is 4.95. The van der Waals surface area contributed by atoms with Crippen LogP contribution in [0.2, 0.25) is 0 Å². The van der Waals surface area contributed by atoms with Gasteiger partial charge in [0.1, 0.15) is 23.8 Å². The molecule has 0 saturated heterocycles. The van der Waals surface area contributed by atoms with Crippen molar-refractivity contribution in [3.8, 4) is 0 Å². The van der Waals surface area contributed by atoms with Crippen LogP contribution in [0, 0.1) is 33.2 Å². The second-order valence-electron chi connectivity index (χ2n) is 9.41. The first-order valence-electron chi connectivity index (χ1n) is 10.5. The molecule has 0 fully saturated rings. The molecule has 1 rings (SSSR count). The molecule has 0 heterocycles. The first-order chi connectivity index (χ1) is 14.7. The first kappa shape index (κ1) is 27.0. The van der Waals surface area contributed by atoms with Crippen LogP contribution in [0.25, 0.3) is 0 Å². The molecule has 1 aromatic carbocycles. The fourth-order valence-electron chi connectivity index (χ4n) is 3.31. The maximum absolute atomic E-state index is 14.0. The molecule has 10 heteroatoms. The molecule has 0 saturated carbocycles. The van der Waals surface area contributed by atoms with E-state index in [-0.39, 0.29) is 24.3 Å². The van der Waals surface area contributed by atoms with Crippen LogP contribution in [-0.2, 0) is 20.8 Å². The summed E-state index contributed by atoms with van der Waals surface area (Å²) in [5.74, 6) is -3.57. The van der Waals surface area contributed by atoms with Crippen molar-refractivity contribution < 1.29 is 23.7 Å². The minimum atomic E-state index is -1.20. The molecule has 0 spiro atoms. The number of halogens is 1. The van der Waals surface area contributed by atoms with Crippen molar-refractivity contribution in [2.45, 2.75) is 59.5 Å². The van der Waals surface area contributed by atoms with Crippen molar-refractivity contribution in [1.82, 2.24) is 10.6 Å². The van der Waals surface area contributed by atoms with Gasteiger partial charge in [0.05, 0.1) is 0 Å². The van der Waals surface area contributed by atoms with Crippen LogP contribution >= 0.6 is 0 Å². The van der Waals surface area contributed by atoms with Crippen LogP contribution in [0.1, 0.15) is 46.6 Å². The Labute approximate surface area is 187 Å². The van der Waals surface area contributed by atoms with Gasteiger partial charge in [0.2, 0.25) is 24.3 Å². The highest BCUT2D eigenvalue weighted by atomic mass is 19.1. The Kier molecular flexibility index (Phi) is 9.74. The molecule has 0 aliphatic carbocycles. The fraction of sp³-hybridized carbons (Fsp3) is 0.591. The summed E-state index contributed by atoms with van der Waals surface area (Å²) in [6.45, 7) is 8.25. The van der Waals surface area contributed by atoms with E-state index in [1.54, 1.807) is 26.8 Å². The predicted octanol–water partition coefficient (Wildman–Crippen LogP) is 1.81. The van der Waals surface area contributed by atoms with E-state index in [0.29, 0.717) is 0 Å². The highest BCUT2D eigenvalue weighted by Gasteiger charge is 2.37. The molecule has 0 aliphatic rings. The number of nitrogens with zero attached hydrogens (tertiary/aromatic N) is 1. The van der Waals surface area contributed by atoms with E-state index in [4.69, 9.17) is 5.73 Å². The SMILES string of the molecule is CC(C)C[C@H](C[N+](=O)[O-])C(=O)N[C@H](C(=O)N[C@@H](Cc1ccccc1F)C(N)=O)C(C)(C)C. The van der Waals surface area contributed by atoms with Gasteiger partial charge in [-0.25, -0.2) is 4.39 Å². The number of primary amides is 1. The average Bonchev–Trinajstić information content (AvgIpc) is 2.64. The van der Waals surface area contributed by atoms with Crippen LogP contribution in [0.3, 0.4) is 0 Å². The lowest BCUT2D eigenvalue weighted by atomic mass is 9.85. The summed E-state index contributed by atoms with van der Waals surface area (Å²) < 4.78 is 14.0. The lowest BCUT2D eigenvalue weighted by Gasteiger charge is -2.32. The minimum absolute atomic E-state index is 0.0348.